The van der Waals surface area contributed by atoms with Gasteiger partial charge in [-0.1, -0.05) is 27.7 Å². The average Bonchev–Trinajstić information content (AvgIpc) is 2.81. The molecule has 1 aromatic heterocycles. The summed E-state index contributed by atoms with van der Waals surface area (Å²) in [7, 11) is 0. The third-order valence-electron chi connectivity index (χ3n) is 4.62. The van der Waals surface area contributed by atoms with Crippen molar-refractivity contribution in [3.63, 3.8) is 0 Å². The molecule has 0 aromatic carbocycles. The number of piperazine rings is 1. The fraction of sp³-hybridized carbons (Fsp3) is 0.824. The lowest BCUT2D eigenvalue weighted by Crippen LogP contribution is -2.58. The normalized spacial score (nSPS) is 24.1. The molecule has 1 aromatic rings. The van der Waals surface area contributed by atoms with Crippen molar-refractivity contribution >= 4 is 0 Å². The maximum absolute atomic E-state index is 4.32. The summed E-state index contributed by atoms with van der Waals surface area (Å²) in [6.45, 7) is 15.9. The van der Waals surface area contributed by atoms with Crippen LogP contribution in [0.15, 0.2) is 12.4 Å². The van der Waals surface area contributed by atoms with Crippen molar-refractivity contribution < 1.29 is 0 Å². The zero-order valence-electron chi connectivity index (χ0n) is 14.3. The van der Waals surface area contributed by atoms with Gasteiger partial charge in [0.25, 0.3) is 0 Å². The second kappa shape index (κ2) is 7.41. The molecule has 2 unspecified atom stereocenters. The summed E-state index contributed by atoms with van der Waals surface area (Å²) >= 11 is 0. The molecule has 4 nitrogen and oxygen atoms in total. The molecule has 1 N–H and O–H groups in total. The summed E-state index contributed by atoms with van der Waals surface area (Å²) < 4.78 is 2.26. The first kappa shape index (κ1) is 16.5. The molecule has 0 spiro atoms. The van der Waals surface area contributed by atoms with Crippen molar-refractivity contribution in [1.82, 2.24) is 19.8 Å². The van der Waals surface area contributed by atoms with E-state index in [0.29, 0.717) is 18.0 Å². The maximum atomic E-state index is 4.32. The fourth-order valence-electron chi connectivity index (χ4n) is 3.42. The monoisotopic (exact) mass is 292 g/mol. The van der Waals surface area contributed by atoms with Crippen LogP contribution >= 0.6 is 0 Å². The SMILES string of the molecule is Cc1nccn1CCN1CC(CC(C)C)NCC1C(C)C. The second-order valence-electron chi connectivity index (χ2n) is 7.21. The van der Waals surface area contributed by atoms with Gasteiger partial charge in [-0.3, -0.25) is 4.90 Å². The van der Waals surface area contributed by atoms with Crippen molar-refractivity contribution in [2.75, 3.05) is 19.6 Å². The van der Waals surface area contributed by atoms with Crippen LogP contribution in [0.1, 0.15) is 39.9 Å². The lowest BCUT2D eigenvalue weighted by molar-refractivity contribution is 0.0884. The van der Waals surface area contributed by atoms with Crippen LogP contribution in [0.25, 0.3) is 0 Å². The summed E-state index contributed by atoms with van der Waals surface area (Å²) in [6, 6.07) is 1.29. The van der Waals surface area contributed by atoms with Gasteiger partial charge in [0.2, 0.25) is 0 Å². The summed E-state index contributed by atoms with van der Waals surface area (Å²) in [5.41, 5.74) is 0. The summed E-state index contributed by atoms with van der Waals surface area (Å²) in [4.78, 5) is 7.01. The second-order valence-corrected chi connectivity index (χ2v) is 7.21. The van der Waals surface area contributed by atoms with Crippen LogP contribution in [-0.2, 0) is 6.54 Å². The Morgan fingerprint density at radius 1 is 1.29 bits per heavy atom. The number of imidazole rings is 1. The van der Waals surface area contributed by atoms with Crippen LogP contribution in [-0.4, -0.2) is 46.2 Å². The largest absolute Gasteiger partial charge is 0.334 e. The lowest BCUT2D eigenvalue weighted by Gasteiger charge is -2.43. The number of aryl methyl sites for hydroxylation is 1. The van der Waals surface area contributed by atoms with E-state index in [2.05, 4.69) is 60.6 Å². The fourth-order valence-corrected chi connectivity index (χ4v) is 3.42. The molecular formula is C17H32N4. The van der Waals surface area contributed by atoms with Crippen molar-refractivity contribution in [2.45, 2.75) is 59.7 Å². The molecule has 2 heterocycles. The van der Waals surface area contributed by atoms with Crippen LogP contribution in [0.4, 0.5) is 0 Å². The molecule has 1 saturated heterocycles. The van der Waals surface area contributed by atoms with E-state index in [9.17, 15) is 0 Å². The molecule has 0 aliphatic carbocycles. The number of rotatable bonds is 6. The van der Waals surface area contributed by atoms with Crippen molar-refractivity contribution in [3.05, 3.63) is 18.2 Å². The third-order valence-corrected chi connectivity index (χ3v) is 4.62. The number of hydrogen-bond donors (Lipinski definition) is 1. The van der Waals surface area contributed by atoms with Gasteiger partial charge in [-0.2, -0.15) is 0 Å². The van der Waals surface area contributed by atoms with E-state index in [-0.39, 0.29) is 0 Å². The van der Waals surface area contributed by atoms with Crippen molar-refractivity contribution in [1.29, 1.82) is 0 Å². The molecule has 0 radical (unpaired) electrons. The maximum Gasteiger partial charge on any atom is 0.105 e. The average molecular weight is 292 g/mol. The molecule has 4 heteroatoms. The van der Waals surface area contributed by atoms with Gasteiger partial charge in [0, 0.05) is 50.7 Å². The predicted octanol–water partition coefficient (Wildman–Crippen LogP) is 2.54. The highest BCUT2D eigenvalue weighted by molar-refractivity contribution is 4.91. The van der Waals surface area contributed by atoms with E-state index in [1.807, 2.05) is 6.20 Å². The predicted molar refractivity (Wildman–Crippen MR) is 88.4 cm³/mol. The molecule has 1 aliphatic heterocycles. The van der Waals surface area contributed by atoms with Gasteiger partial charge < -0.3 is 9.88 Å². The number of nitrogens with zero attached hydrogens (tertiary/aromatic N) is 3. The van der Waals surface area contributed by atoms with Crippen molar-refractivity contribution in [2.24, 2.45) is 11.8 Å². The molecule has 0 amide bonds. The highest BCUT2D eigenvalue weighted by Crippen LogP contribution is 2.18. The van der Waals surface area contributed by atoms with E-state index in [0.717, 1.165) is 31.4 Å². The van der Waals surface area contributed by atoms with Crippen LogP contribution in [0.2, 0.25) is 0 Å². The molecule has 1 fully saturated rings. The Morgan fingerprint density at radius 3 is 2.62 bits per heavy atom. The number of hydrogen-bond acceptors (Lipinski definition) is 3. The van der Waals surface area contributed by atoms with E-state index >= 15 is 0 Å². The van der Waals surface area contributed by atoms with E-state index < -0.39 is 0 Å². The first-order chi connectivity index (χ1) is 9.97. The minimum absolute atomic E-state index is 0.642. The Bertz CT molecular complexity index is 424. The Balaban J connectivity index is 1.95. The number of aromatic nitrogens is 2. The van der Waals surface area contributed by atoms with E-state index in [1.54, 1.807) is 0 Å². The molecule has 2 atom stereocenters. The molecule has 120 valence electrons. The Labute approximate surface area is 129 Å². The van der Waals surface area contributed by atoms with Crippen LogP contribution in [0.3, 0.4) is 0 Å². The molecule has 21 heavy (non-hydrogen) atoms. The van der Waals surface area contributed by atoms with Gasteiger partial charge in [-0.05, 0) is 25.2 Å². The van der Waals surface area contributed by atoms with Crippen LogP contribution in [0, 0.1) is 18.8 Å². The minimum Gasteiger partial charge on any atom is -0.334 e. The van der Waals surface area contributed by atoms with Crippen LogP contribution < -0.4 is 5.32 Å². The van der Waals surface area contributed by atoms with E-state index in [1.165, 1.54) is 13.0 Å². The van der Waals surface area contributed by atoms with Gasteiger partial charge in [-0.25, -0.2) is 4.98 Å². The zero-order valence-corrected chi connectivity index (χ0v) is 14.3. The Morgan fingerprint density at radius 2 is 2.05 bits per heavy atom. The number of nitrogens with one attached hydrogen (secondary N) is 1. The van der Waals surface area contributed by atoms with Gasteiger partial charge in [0.05, 0.1) is 0 Å². The molecule has 2 rings (SSSR count). The lowest BCUT2D eigenvalue weighted by atomic mass is 9.95. The summed E-state index contributed by atoms with van der Waals surface area (Å²) in [5, 5.41) is 3.76. The minimum atomic E-state index is 0.642. The zero-order chi connectivity index (χ0) is 15.4. The molecule has 1 aliphatic rings. The van der Waals surface area contributed by atoms with Gasteiger partial charge in [-0.15, -0.1) is 0 Å². The Hall–Kier alpha value is -0.870. The van der Waals surface area contributed by atoms with E-state index in [4.69, 9.17) is 0 Å². The summed E-state index contributed by atoms with van der Waals surface area (Å²) in [6.07, 6.45) is 5.26. The van der Waals surface area contributed by atoms with Gasteiger partial charge >= 0.3 is 0 Å². The quantitative estimate of drug-likeness (QED) is 0.874. The topological polar surface area (TPSA) is 33.1 Å². The first-order valence-electron chi connectivity index (χ1n) is 8.42. The molecular weight excluding hydrogens is 260 g/mol. The van der Waals surface area contributed by atoms with Crippen molar-refractivity contribution in [3.8, 4) is 0 Å². The first-order valence-corrected chi connectivity index (χ1v) is 8.42. The van der Waals surface area contributed by atoms with Gasteiger partial charge in [0.15, 0.2) is 0 Å². The van der Waals surface area contributed by atoms with Crippen LogP contribution in [0.5, 0.6) is 0 Å². The Kier molecular flexibility index (Phi) is 5.82. The molecule has 0 saturated carbocycles. The van der Waals surface area contributed by atoms with Gasteiger partial charge in [0.1, 0.15) is 5.82 Å². The standard InChI is InChI=1S/C17H32N4/c1-13(2)10-16-12-21(17(11-19-16)14(3)4)9-8-20-7-6-18-15(20)5/h6-7,13-14,16-17,19H,8-12H2,1-5H3. The summed E-state index contributed by atoms with van der Waals surface area (Å²) in [5.74, 6) is 2.57. The molecule has 0 bridgehead atoms. The third kappa shape index (κ3) is 4.55. The highest BCUT2D eigenvalue weighted by atomic mass is 15.2. The smallest absolute Gasteiger partial charge is 0.105 e. The highest BCUT2D eigenvalue weighted by Gasteiger charge is 2.29.